The second-order valence-corrected chi connectivity index (χ2v) is 6.03. The monoisotopic (exact) mass is 320 g/mol. The van der Waals surface area contributed by atoms with Crippen LogP contribution < -0.4 is 0 Å². The second kappa shape index (κ2) is 7.38. The van der Waals surface area contributed by atoms with Crippen molar-refractivity contribution in [2.45, 2.75) is 19.1 Å². The summed E-state index contributed by atoms with van der Waals surface area (Å²) in [6.07, 6.45) is 1.18. The van der Waals surface area contributed by atoms with Gasteiger partial charge in [-0.1, -0.05) is 29.8 Å². The molecule has 0 spiro atoms. The summed E-state index contributed by atoms with van der Waals surface area (Å²) < 4.78 is 10.9. The lowest BCUT2D eigenvalue weighted by molar-refractivity contribution is -0.0435. The number of methoxy groups -OCH3 is 1. The van der Waals surface area contributed by atoms with Crippen molar-refractivity contribution in [3.8, 4) is 0 Å². The molecule has 1 aliphatic heterocycles. The first-order chi connectivity index (χ1) is 10.8. The van der Waals surface area contributed by atoms with Crippen LogP contribution >= 0.6 is 11.6 Å². The average Bonchev–Trinajstić information content (AvgIpc) is 2.54. The molecule has 2 heterocycles. The summed E-state index contributed by atoms with van der Waals surface area (Å²) in [5.41, 5.74) is 1.93. The van der Waals surface area contributed by atoms with E-state index >= 15 is 0 Å². The normalized spacial score (nSPS) is 19.6. The van der Waals surface area contributed by atoms with Crippen LogP contribution in [0.1, 0.15) is 12.1 Å². The quantitative estimate of drug-likeness (QED) is 0.848. The Morgan fingerprint density at radius 2 is 2.27 bits per heavy atom. The number of para-hydroxylation sites is 1. The van der Waals surface area contributed by atoms with Crippen LogP contribution in [0, 0.1) is 0 Å². The lowest BCUT2D eigenvalue weighted by Gasteiger charge is -2.32. The van der Waals surface area contributed by atoms with E-state index in [1.807, 2.05) is 18.2 Å². The van der Waals surface area contributed by atoms with Crippen molar-refractivity contribution in [1.29, 1.82) is 0 Å². The van der Waals surface area contributed by atoms with Crippen molar-refractivity contribution >= 4 is 22.5 Å². The van der Waals surface area contributed by atoms with Gasteiger partial charge in [0, 0.05) is 38.7 Å². The lowest BCUT2D eigenvalue weighted by atomic mass is 10.1. The molecule has 0 saturated carbocycles. The fourth-order valence-corrected chi connectivity index (χ4v) is 3.04. The Morgan fingerprint density at radius 3 is 3.14 bits per heavy atom. The Labute approximate surface area is 136 Å². The lowest BCUT2D eigenvalue weighted by Crippen LogP contribution is -2.42. The number of hydrogen-bond acceptors (Lipinski definition) is 4. The molecule has 0 unspecified atom stereocenters. The topological polar surface area (TPSA) is 34.6 Å². The van der Waals surface area contributed by atoms with Crippen LogP contribution in [0.25, 0.3) is 10.9 Å². The zero-order valence-corrected chi connectivity index (χ0v) is 13.6. The molecule has 1 fully saturated rings. The highest BCUT2D eigenvalue weighted by Gasteiger charge is 2.20. The highest BCUT2D eigenvalue weighted by molar-refractivity contribution is 6.35. The first-order valence-electron chi connectivity index (χ1n) is 7.63. The van der Waals surface area contributed by atoms with Crippen LogP contribution in [0.4, 0.5) is 0 Å². The minimum atomic E-state index is 0.248. The molecule has 2 aromatic rings. The van der Waals surface area contributed by atoms with E-state index in [-0.39, 0.29) is 6.10 Å². The van der Waals surface area contributed by atoms with Gasteiger partial charge in [0.2, 0.25) is 0 Å². The maximum absolute atomic E-state index is 6.24. The Hall–Kier alpha value is -1.20. The zero-order valence-electron chi connectivity index (χ0n) is 12.8. The maximum atomic E-state index is 6.24. The standard InChI is InChI=1S/C17H21ClN2O2/c1-21-9-7-15-12-20(8-10-22-15)11-14-6-5-13-3-2-4-16(18)17(13)19-14/h2-6,15H,7-12H2,1H3/t15-/m1/s1. The van der Waals surface area contributed by atoms with Gasteiger partial charge < -0.3 is 9.47 Å². The predicted molar refractivity (Wildman–Crippen MR) is 88.3 cm³/mol. The van der Waals surface area contributed by atoms with Gasteiger partial charge in [-0.15, -0.1) is 0 Å². The van der Waals surface area contributed by atoms with Gasteiger partial charge in [-0.3, -0.25) is 4.90 Å². The molecular weight excluding hydrogens is 300 g/mol. The van der Waals surface area contributed by atoms with E-state index in [1.54, 1.807) is 7.11 Å². The number of aromatic nitrogens is 1. The summed E-state index contributed by atoms with van der Waals surface area (Å²) in [6, 6.07) is 10.0. The fourth-order valence-electron chi connectivity index (χ4n) is 2.82. The SMILES string of the molecule is COCC[C@@H]1CN(Cc2ccc3cccc(Cl)c3n2)CCO1. The van der Waals surface area contributed by atoms with E-state index in [4.69, 9.17) is 26.1 Å². The number of nitrogens with zero attached hydrogens (tertiary/aromatic N) is 2. The fraction of sp³-hybridized carbons (Fsp3) is 0.471. The summed E-state index contributed by atoms with van der Waals surface area (Å²) in [5.74, 6) is 0. The molecule has 1 aliphatic rings. The van der Waals surface area contributed by atoms with E-state index in [1.165, 1.54) is 0 Å². The van der Waals surface area contributed by atoms with E-state index in [0.29, 0.717) is 5.02 Å². The highest BCUT2D eigenvalue weighted by atomic mass is 35.5. The van der Waals surface area contributed by atoms with Crippen molar-refractivity contribution in [3.63, 3.8) is 0 Å². The largest absolute Gasteiger partial charge is 0.385 e. The summed E-state index contributed by atoms with van der Waals surface area (Å²) in [5, 5.41) is 1.79. The number of benzene rings is 1. The van der Waals surface area contributed by atoms with Gasteiger partial charge in [-0.05, 0) is 18.6 Å². The number of morpholine rings is 1. The molecule has 0 aliphatic carbocycles. The Bertz CT molecular complexity index is 635. The summed E-state index contributed by atoms with van der Waals surface area (Å²) in [6.45, 7) is 4.19. The van der Waals surface area contributed by atoms with Crippen molar-refractivity contribution < 1.29 is 9.47 Å². The van der Waals surface area contributed by atoms with Crippen molar-refractivity contribution in [2.24, 2.45) is 0 Å². The molecule has 0 bridgehead atoms. The molecule has 3 rings (SSSR count). The number of halogens is 1. The van der Waals surface area contributed by atoms with Crippen LogP contribution in [-0.4, -0.2) is 49.4 Å². The van der Waals surface area contributed by atoms with E-state index in [9.17, 15) is 0 Å². The van der Waals surface area contributed by atoms with Gasteiger partial charge in [0.25, 0.3) is 0 Å². The molecule has 5 heteroatoms. The number of pyridine rings is 1. The Morgan fingerprint density at radius 1 is 1.36 bits per heavy atom. The van der Waals surface area contributed by atoms with Gasteiger partial charge in [0.15, 0.2) is 0 Å². The summed E-state index contributed by atoms with van der Waals surface area (Å²) >= 11 is 6.24. The molecule has 1 saturated heterocycles. The highest BCUT2D eigenvalue weighted by Crippen LogP contribution is 2.22. The van der Waals surface area contributed by atoms with Crippen LogP contribution in [0.2, 0.25) is 5.02 Å². The van der Waals surface area contributed by atoms with Crippen LogP contribution in [0.3, 0.4) is 0 Å². The van der Waals surface area contributed by atoms with Gasteiger partial charge >= 0.3 is 0 Å². The first-order valence-corrected chi connectivity index (χ1v) is 8.01. The van der Waals surface area contributed by atoms with Crippen molar-refractivity contribution in [2.75, 3.05) is 33.4 Å². The van der Waals surface area contributed by atoms with Crippen molar-refractivity contribution in [3.05, 3.63) is 41.0 Å². The third-order valence-electron chi connectivity index (χ3n) is 3.98. The summed E-state index contributed by atoms with van der Waals surface area (Å²) in [4.78, 5) is 7.10. The number of ether oxygens (including phenoxy) is 2. The molecule has 0 radical (unpaired) electrons. The molecule has 22 heavy (non-hydrogen) atoms. The molecule has 1 aromatic heterocycles. The third kappa shape index (κ3) is 3.76. The number of fused-ring (bicyclic) bond motifs is 1. The molecule has 1 atom stereocenters. The third-order valence-corrected chi connectivity index (χ3v) is 4.29. The van der Waals surface area contributed by atoms with Gasteiger partial charge in [-0.25, -0.2) is 4.98 Å². The first kappa shape index (κ1) is 15.7. The van der Waals surface area contributed by atoms with Crippen molar-refractivity contribution in [1.82, 2.24) is 9.88 Å². The molecule has 118 valence electrons. The van der Waals surface area contributed by atoms with Crippen LogP contribution in [0.15, 0.2) is 30.3 Å². The Kier molecular flexibility index (Phi) is 5.26. The minimum absolute atomic E-state index is 0.248. The van der Waals surface area contributed by atoms with Gasteiger partial charge in [0.1, 0.15) is 0 Å². The van der Waals surface area contributed by atoms with E-state index in [0.717, 1.165) is 55.9 Å². The minimum Gasteiger partial charge on any atom is -0.385 e. The van der Waals surface area contributed by atoms with Gasteiger partial charge in [0.05, 0.1) is 28.9 Å². The van der Waals surface area contributed by atoms with Crippen LogP contribution in [0.5, 0.6) is 0 Å². The molecule has 1 aromatic carbocycles. The molecule has 4 nitrogen and oxygen atoms in total. The summed E-state index contributed by atoms with van der Waals surface area (Å²) in [7, 11) is 1.73. The smallest absolute Gasteiger partial charge is 0.0891 e. The second-order valence-electron chi connectivity index (χ2n) is 5.62. The molecular formula is C17H21ClN2O2. The zero-order chi connectivity index (χ0) is 15.4. The van der Waals surface area contributed by atoms with Gasteiger partial charge in [-0.2, -0.15) is 0 Å². The number of rotatable bonds is 5. The van der Waals surface area contributed by atoms with E-state index in [2.05, 4.69) is 17.0 Å². The molecule has 0 N–H and O–H groups in total. The van der Waals surface area contributed by atoms with Crippen LogP contribution in [-0.2, 0) is 16.0 Å². The maximum Gasteiger partial charge on any atom is 0.0891 e. The number of hydrogen-bond donors (Lipinski definition) is 0. The predicted octanol–water partition coefficient (Wildman–Crippen LogP) is 3.13. The Balaban J connectivity index is 1.68. The average molecular weight is 321 g/mol. The van der Waals surface area contributed by atoms with E-state index < -0.39 is 0 Å². The molecule has 0 amide bonds.